The first kappa shape index (κ1) is 28.7. The lowest BCUT2D eigenvalue weighted by Gasteiger charge is -2.39. The lowest BCUT2D eigenvalue weighted by molar-refractivity contribution is -0.164. The molecular weight excluding hydrogens is 500 g/mol. The van der Waals surface area contributed by atoms with Crippen molar-refractivity contribution < 1.29 is 28.7 Å². The quantitative estimate of drug-likeness (QED) is 0.308. The molecule has 2 aliphatic rings. The summed E-state index contributed by atoms with van der Waals surface area (Å²) in [5, 5.41) is 6.00. The number of rotatable bonds is 10. The van der Waals surface area contributed by atoms with E-state index in [-0.39, 0.29) is 28.8 Å². The number of ether oxygens (including phenoxy) is 2. The Morgan fingerprint density at radius 3 is 2.59 bits per heavy atom. The number of nitrogens with zero attached hydrogens (tertiary/aromatic N) is 1. The molecule has 3 amide bonds. The third-order valence-electron chi connectivity index (χ3n) is 7.56. The Hall–Kier alpha value is -2.85. The summed E-state index contributed by atoms with van der Waals surface area (Å²) in [6.45, 7) is 8.37. The van der Waals surface area contributed by atoms with Gasteiger partial charge in [0.25, 0.3) is 5.91 Å². The lowest BCUT2D eigenvalue weighted by atomic mass is 9.76. The van der Waals surface area contributed by atoms with Crippen LogP contribution in [0, 0.1) is 5.41 Å². The molecule has 2 fully saturated rings. The molecule has 11 heteroatoms. The summed E-state index contributed by atoms with van der Waals surface area (Å²) in [7, 11) is 0. The van der Waals surface area contributed by atoms with Gasteiger partial charge in [-0.05, 0) is 56.2 Å². The standard InChI is InChI=1S/C26H37ClN4O6/c1-5-26(4,6-2)21(30-22(33)15-10-11-17(28)16(27)13-15)24(35)31-12-8-9-19(31)23(34)29-18-14-20(32)37-25(18)36-7-3/h10-11,13,18-19,21,25H,5-9,12,14,28H2,1-4H3,(H,29,34)(H,30,33)/t18-,19-,21?,25+/m0/s1. The Morgan fingerprint density at radius 2 is 1.97 bits per heavy atom. The Labute approximate surface area is 222 Å². The summed E-state index contributed by atoms with van der Waals surface area (Å²) in [6, 6.07) is 2.34. The maximum Gasteiger partial charge on any atom is 0.310 e. The molecule has 1 aromatic carbocycles. The first-order valence-electron chi connectivity index (χ1n) is 12.8. The van der Waals surface area contributed by atoms with Crippen LogP contribution in [0.25, 0.3) is 0 Å². The Bertz CT molecular complexity index is 1030. The molecule has 0 bridgehead atoms. The minimum Gasteiger partial charge on any atom is -0.433 e. The number of halogens is 1. The summed E-state index contributed by atoms with van der Waals surface area (Å²) in [6.07, 6.45) is 1.53. The Kier molecular flexibility index (Phi) is 9.41. The van der Waals surface area contributed by atoms with Crippen molar-refractivity contribution in [1.29, 1.82) is 0 Å². The molecular formula is C26H37ClN4O6. The fraction of sp³-hybridized carbons (Fsp3) is 0.615. The molecule has 3 rings (SSSR count). The third-order valence-corrected chi connectivity index (χ3v) is 7.88. The summed E-state index contributed by atoms with van der Waals surface area (Å²) in [5.41, 5.74) is 5.85. The van der Waals surface area contributed by atoms with Crippen LogP contribution in [0.2, 0.25) is 5.02 Å². The van der Waals surface area contributed by atoms with Crippen molar-refractivity contribution in [3.05, 3.63) is 28.8 Å². The minimum absolute atomic E-state index is 0.00362. The van der Waals surface area contributed by atoms with Crippen LogP contribution in [0.5, 0.6) is 0 Å². The smallest absolute Gasteiger partial charge is 0.310 e. The van der Waals surface area contributed by atoms with E-state index >= 15 is 0 Å². The highest BCUT2D eigenvalue weighted by molar-refractivity contribution is 6.33. The van der Waals surface area contributed by atoms with Gasteiger partial charge < -0.3 is 30.7 Å². The van der Waals surface area contributed by atoms with E-state index in [2.05, 4.69) is 10.6 Å². The monoisotopic (exact) mass is 536 g/mol. The van der Waals surface area contributed by atoms with Gasteiger partial charge in [0.15, 0.2) is 0 Å². The third kappa shape index (κ3) is 6.35. The number of hydrogen-bond donors (Lipinski definition) is 3. The zero-order valence-corrected chi connectivity index (χ0v) is 22.6. The zero-order valence-electron chi connectivity index (χ0n) is 21.8. The minimum atomic E-state index is -0.868. The molecule has 4 N–H and O–H groups in total. The maximum absolute atomic E-state index is 14.0. The molecule has 4 atom stereocenters. The van der Waals surface area contributed by atoms with Gasteiger partial charge in [-0.2, -0.15) is 0 Å². The second-order valence-corrected chi connectivity index (χ2v) is 10.2. The maximum atomic E-state index is 14.0. The molecule has 0 spiro atoms. The molecule has 2 aliphatic heterocycles. The molecule has 1 unspecified atom stereocenters. The number of hydrogen-bond acceptors (Lipinski definition) is 7. The number of likely N-dealkylation sites (tertiary alicyclic amines) is 1. The van der Waals surface area contributed by atoms with E-state index < -0.39 is 41.7 Å². The number of nitrogen functional groups attached to an aromatic ring is 1. The van der Waals surface area contributed by atoms with Gasteiger partial charge in [0.1, 0.15) is 18.1 Å². The molecule has 0 radical (unpaired) electrons. The van der Waals surface area contributed by atoms with Crippen LogP contribution >= 0.6 is 11.6 Å². The van der Waals surface area contributed by atoms with Gasteiger partial charge in [-0.15, -0.1) is 0 Å². The van der Waals surface area contributed by atoms with E-state index in [9.17, 15) is 19.2 Å². The van der Waals surface area contributed by atoms with E-state index in [1.54, 1.807) is 19.1 Å². The van der Waals surface area contributed by atoms with Crippen LogP contribution in [-0.2, 0) is 23.9 Å². The normalized spacial score (nSPS) is 22.5. The highest BCUT2D eigenvalue weighted by Crippen LogP contribution is 2.33. The van der Waals surface area contributed by atoms with E-state index in [1.807, 2.05) is 20.8 Å². The lowest BCUT2D eigenvalue weighted by Crippen LogP contribution is -2.59. The topological polar surface area (TPSA) is 140 Å². The van der Waals surface area contributed by atoms with Crippen molar-refractivity contribution >= 4 is 41.0 Å². The summed E-state index contributed by atoms with van der Waals surface area (Å²) >= 11 is 6.10. The number of esters is 1. The molecule has 0 saturated carbocycles. The van der Waals surface area contributed by atoms with Crippen LogP contribution in [0.3, 0.4) is 0 Å². The predicted octanol–water partition coefficient (Wildman–Crippen LogP) is 2.63. The van der Waals surface area contributed by atoms with Gasteiger partial charge >= 0.3 is 5.97 Å². The van der Waals surface area contributed by atoms with Gasteiger partial charge in [0.2, 0.25) is 18.1 Å². The zero-order chi connectivity index (χ0) is 27.3. The summed E-state index contributed by atoms with van der Waals surface area (Å²) in [4.78, 5) is 53.7. The molecule has 0 aromatic heterocycles. The van der Waals surface area contributed by atoms with Gasteiger partial charge in [-0.25, -0.2) is 0 Å². The Morgan fingerprint density at radius 1 is 1.27 bits per heavy atom. The molecule has 10 nitrogen and oxygen atoms in total. The SMILES string of the molecule is CCO[C@@H]1OC(=O)C[C@@H]1NC(=O)[C@@H]1CCCN1C(=O)C(NC(=O)c1ccc(N)c(Cl)c1)C(C)(CC)CC. The Balaban J connectivity index is 1.81. The second-order valence-electron chi connectivity index (χ2n) is 9.83. The number of nitrogens with two attached hydrogens (primary N) is 1. The predicted molar refractivity (Wildman–Crippen MR) is 139 cm³/mol. The highest BCUT2D eigenvalue weighted by Gasteiger charge is 2.45. The molecule has 204 valence electrons. The fourth-order valence-corrected chi connectivity index (χ4v) is 4.97. The summed E-state index contributed by atoms with van der Waals surface area (Å²) in [5.74, 6) is -1.59. The first-order valence-corrected chi connectivity index (χ1v) is 13.2. The van der Waals surface area contributed by atoms with E-state index in [4.69, 9.17) is 26.8 Å². The fourth-order valence-electron chi connectivity index (χ4n) is 4.79. The average molecular weight is 537 g/mol. The van der Waals surface area contributed by atoms with E-state index in [0.29, 0.717) is 44.5 Å². The molecule has 0 aliphatic carbocycles. The molecule has 1 aromatic rings. The first-order chi connectivity index (χ1) is 17.5. The van der Waals surface area contributed by atoms with Crippen molar-refractivity contribution in [2.75, 3.05) is 18.9 Å². The number of carbonyl (C=O) groups is 4. The van der Waals surface area contributed by atoms with Gasteiger partial charge in [0, 0.05) is 18.7 Å². The van der Waals surface area contributed by atoms with Gasteiger partial charge in [-0.1, -0.05) is 32.4 Å². The number of benzene rings is 1. The highest BCUT2D eigenvalue weighted by atomic mass is 35.5. The molecule has 2 heterocycles. The van der Waals surface area contributed by atoms with Gasteiger partial charge in [-0.3, -0.25) is 19.2 Å². The van der Waals surface area contributed by atoms with Crippen LogP contribution < -0.4 is 16.4 Å². The average Bonchev–Trinajstić information content (AvgIpc) is 3.50. The van der Waals surface area contributed by atoms with Crippen molar-refractivity contribution in [2.45, 2.75) is 84.2 Å². The largest absolute Gasteiger partial charge is 0.433 e. The van der Waals surface area contributed by atoms with Crippen LogP contribution in [0.1, 0.15) is 70.2 Å². The second kappa shape index (κ2) is 12.1. The van der Waals surface area contributed by atoms with Gasteiger partial charge in [0.05, 0.1) is 17.1 Å². The summed E-state index contributed by atoms with van der Waals surface area (Å²) < 4.78 is 10.6. The number of amides is 3. The van der Waals surface area contributed by atoms with Crippen molar-refractivity contribution in [2.24, 2.45) is 5.41 Å². The van der Waals surface area contributed by atoms with Crippen LogP contribution in [0.15, 0.2) is 18.2 Å². The molecule has 37 heavy (non-hydrogen) atoms. The van der Waals surface area contributed by atoms with Crippen LogP contribution in [0.4, 0.5) is 5.69 Å². The number of anilines is 1. The van der Waals surface area contributed by atoms with Crippen molar-refractivity contribution in [3.63, 3.8) is 0 Å². The van der Waals surface area contributed by atoms with Crippen molar-refractivity contribution in [1.82, 2.24) is 15.5 Å². The number of nitrogens with one attached hydrogen (secondary N) is 2. The van der Waals surface area contributed by atoms with Crippen molar-refractivity contribution in [3.8, 4) is 0 Å². The molecule has 2 saturated heterocycles. The van der Waals surface area contributed by atoms with Crippen LogP contribution in [-0.4, -0.2) is 66.2 Å². The van der Waals surface area contributed by atoms with E-state index in [0.717, 1.165) is 0 Å². The number of carbonyl (C=O) groups excluding carboxylic acids is 4. The number of cyclic esters (lactones) is 1. The van der Waals surface area contributed by atoms with E-state index in [1.165, 1.54) is 11.0 Å².